The van der Waals surface area contributed by atoms with Gasteiger partial charge in [0.05, 0.1) is 19.3 Å². The number of nitrogens with zero attached hydrogens (tertiary/aromatic N) is 2. The van der Waals surface area contributed by atoms with E-state index in [0.717, 1.165) is 37.8 Å². The van der Waals surface area contributed by atoms with Gasteiger partial charge in [0, 0.05) is 26.7 Å². The Balaban J connectivity index is 0.00000729. The number of hydrogen-bond donors (Lipinski definition) is 2. The highest BCUT2D eigenvalue weighted by Gasteiger charge is 2.16. The van der Waals surface area contributed by atoms with Crippen LogP contribution in [-0.4, -0.2) is 64.9 Å². The van der Waals surface area contributed by atoms with E-state index in [1.165, 1.54) is 5.56 Å². The van der Waals surface area contributed by atoms with E-state index in [9.17, 15) is 0 Å². The molecule has 7 heteroatoms. The number of rotatable bonds is 11. The lowest BCUT2D eigenvalue weighted by atomic mass is 10.0. The fourth-order valence-electron chi connectivity index (χ4n) is 2.99. The topological polar surface area (TPSA) is 58.1 Å². The lowest BCUT2D eigenvalue weighted by Crippen LogP contribution is -2.42. The highest BCUT2D eigenvalue weighted by Crippen LogP contribution is 2.20. The number of likely N-dealkylation sites (N-methyl/N-ethyl adjacent to an activating group) is 1. The molecule has 1 rings (SSSR count). The monoisotopic (exact) mass is 506 g/mol. The second-order valence-electron chi connectivity index (χ2n) is 7.16. The lowest BCUT2D eigenvalue weighted by Gasteiger charge is -2.26. The summed E-state index contributed by atoms with van der Waals surface area (Å²) in [5.74, 6) is 2.19. The van der Waals surface area contributed by atoms with Gasteiger partial charge in [-0.1, -0.05) is 26.0 Å². The van der Waals surface area contributed by atoms with Crippen LogP contribution in [0.5, 0.6) is 5.75 Å². The average molecular weight is 506 g/mol. The average Bonchev–Trinajstić information content (AvgIpc) is 2.66. The fraction of sp³-hybridized carbons (Fsp3) is 0.667. The van der Waals surface area contributed by atoms with Crippen LogP contribution < -0.4 is 15.4 Å². The largest absolute Gasteiger partial charge is 0.497 e. The zero-order chi connectivity index (χ0) is 20.2. The number of ether oxygens (including phenoxy) is 2. The fourth-order valence-corrected chi connectivity index (χ4v) is 2.99. The van der Waals surface area contributed by atoms with Gasteiger partial charge >= 0.3 is 0 Å². The van der Waals surface area contributed by atoms with Crippen LogP contribution in [-0.2, 0) is 4.74 Å². The van der Waals surface area contributed by atoms with Gasteiger partial charge in [-0.2, -0.15) is 0 Å². The van der Waals surface area contributed by atoms with Gasteiger partial charge in [-0.15, -0.1) is 24.0 Å². The zero-order valence-electron chi connectivity index (χ0n) is 18.5. The summed E-state index contributed by atoms with van der Waals surface area (Å²) in [6.07, 6.45) is 1.23. The van der Waals surface area contributed by atoms with Gasteiger partial charge in [0.25, 0.3) is 0 Å². The van der Waals surface area contributed by atoms with Gasteiger partial charge in [0.1, 0.15) is 5.75 Å². The molecule has 0 radical (unpaired) electrons. The summed E-state index contributed by atoms with van der Waals surface area (Å²) in [4.78, 5) is 6.54. The highest BCUT2D eigenvalue weighted by molar-refractivity contribution is 14.0. The van der Waals surface area contributed by atoms with E-state index in [1.807, 2.05) is 19.1 Å². The molecule has 2 unspecified atom stereocenters. The summed E-state index contributed by atoms with van der Waals surface area (Å²) in [6, 6.07) is 8.45. The Bertz CT molecular complexity index is 550. The SMILES string of the molecule is CCOC(CCNC(=NC)NCC(c1ccc(OC)cc1)N(C)C)C(C)C.I. The van der Waals surface area contributed by atoms with Crippen molar-refractivity contribution in [3.05, 3.63) is 29.8 Å². The Morgan fingerprint density at radius 2 is 1.79 bits per heavy atom. The molecule has 2 atom stereocenters. The lowest BCUT2D eigenvalue weighted by molar-refractivity contribution is 0.0258. The number of methoxy groups -OCH3 is 1. The van der Waals surface area contributed by atoms with E-state index in [4.69, 9.17) is 9.47 Å². The van der Waals surface area contributed by atoms with Crippen molar-refractivity contribution in [3.63, 3.8) is 0 Å². The maximum Gasteiger partial charge on any atom is 0.191 e. The normalized spacial score (nSPS) is 13.8. The summed E-state index contributed by atoms with van der Waals surface area (Å²) in [5.41, 5.74) is 1.24. The summed E-state index contributed by atoms with van der Waals surface area (Å²) < 4.78 is 11.1. The van der Waals surface area contributed by atoms with E-state index in [2.05, 4.69) is 60.6 Å². The molecular weight excluding hydrogens is 467 g/mol. The molecule has 0 saturated carbocycles. The maximum absolute atomic E-state index is 5.81. The van der Waals surface area contributed by atoms with Crippen LogP contribution in [0.2, 0.25) is 0 Å². The van der Waals surface area contributed by atoms with Gasteiger partial charge in [-0.05, 0) is 51.1 Å². The molecule has 1 aromatic rings. The molecule has 0 aromatic heterocycles. The third kappa shape index (κ3) is 9.43. The van der Waals surface area contributed by atoms with Crippen molar-refractivity contribution in [2.75, 3.05) is 47.9 Å². The molecular formula is C21H39IN4O2. The molecule has 0 fully saturated rings. The molecule has 2 N–H and O–H groups in total. The quantitative estimate of drug-likeness (QED) is 0.273. The van der Waals surface area contributed by atoms with Crippen molar-refractivity contribution in [1.82, 2.24) is 15.5 Å². The Morgan fingerprint density at radius 3 is 2.25 bits per heavy atom. The van der Waals surface area contributed by atoms with Crippen molar-refractivity contribution in [3.8, 4) is 5.75 Å². The number of guanidine groups is 1. The molecule has 0 spiro atoms. The number of nitrogens with one attached hydrogen (secondary N) is 2. The van der Waals surface area contributed by atoms with Crippen LogP contribution in [0.25, 0.3) is 0 Å². The van der Waals surface area contributed by atoms with Gasteiger partial charge in [-0.25, -0.2) is 0 Å². The predicted octanol–water partition coefficient (Wildman–Crippen LogP) is 3.53. The molecule has 0 aliphatic carbocycles. The Hall–Kier alpha value is -1.06. The van der Waals surface area contributed by atoms with Crippen molar-refractivity contribution >= 4 is 29.9 Å². The first-order valence-electron chi connectivity index (χ1n) is 9.79. The number of halogens is 1. The van der Waals surface area contributed by atoms with Crippen molar-refractivity contribution in [1.29, 1.82) is 0 Å². The van der Waals surface area contributed by atoms with Crippen molar-refractivity contribution in [2.45, 2.75) is 39.3 Å². The van der Waals surface area contributed by atoms with Crippen LogP contribution in [0.1, 0.15) is 38.8 Å². The molecule has 1 aromatic carbocycles. The molecule has 0 aliphatic heterocycles. The second kappa shape index (κ2) is 14.9. The minimum atomic E-state index is 0. The van der Waals surface area contributed by atoms with Crippen LogP contribution in [0.4, 0.5) is 0 Å². The number of benzene rings is 1. The Morgan fingerprint density at radius 1 is 1.14 bits per heavy atom. The first-order chi connectivity index (χ1) is 12.9. The van der Waals surface area contributed by atoms with E-state index < -0.39 is 0 Å². The number of aliphatic imine (C=N–C) groups is 1. The van der Waals surface area contributed by atoms with Crippen LogP contribution >= 0.6 is 24.0 Å². The highest BCUT2D eigenvalue weighted by atomic mass is 127. The van der Waals surface area contributed by atoms with Crippen molar-refractivity contribution < 1.29 is 9.47 Å². The molecule has 28 heavy (non-hydrogen) atoms. The third-order valence-corrected chi connectivity index (χ3v) is 4.66. The Kier molecular flexibility index (Phi) is 14.3. The Labute approximate surface area is 188 Å². The van der Waals surface area contributed by atoms with Crippen LogP contribution in [0.15, 0.2) is 29.3 Å². The molecule has 162 valence electrons. The molecule has 0 heterocycles. The zero-order valence-corrected chi connectivity index (χ0v) is 20.8. The van der Waals surface area contributed by atoms with Crippen LogP contribution in [0.3, 0.4) is 0 Å². The summed E-state index contributed by atoms with van der Waals surface area (Å²) in [5, 5.41) is 6.84. The van der Waals surface area contributed by atoms with E-state index in [1.54, 1.807) is 14.2 Å². The molecule has 6 nitrogen and oxygen atoms in total. The second-order valence-corrected chi connectivity index (χ2v) is 7.16. The van der Waals surface area contributed by atoms with Gasteiger partial charge in [0.2, 0.25) is 0 Å². The van der Waals surface area contributed by atoms with E-state index in [0.29, 0.717) is 5.92 Å². The number of hydrogen-bond acceptors (Lipinski definition) is 4. The molecule has 0 saturated heterocycles. The smallest absolute Gasteiger partial charge is 0.191 e. The first-order valence-corrected chi connectivity index (χ1v) is 9.79. The van der Waals surface area contributed by atoms with Gasteiger partial charge < -0.3 is 25.0 Å². The summed E-state index contributed by atoms with van der Waals surface area (Å²) in [7, 11) is 7.66. The minimum absolute atomic E-state index is 0. The first kappa shape index (κ1) is 26.9. The van der Waals surface area contributed by atoms with Gasteiger partial charge in [-0.3, -0.25) is 4.99 Å². The van der Waals surface area contributed by atoms with Crippen LogP contribution in [0, 0.1) is 5.92 Å². The molecule has 0 bridgehead atoms. The van der Waals surface area contributed by atoms with Crippen molar-refractivity contribution in [2.24, 2.45) is 10.9 Å². The summed E-state index contributed by atoms with van der Waals surface area (Å²) in [6.45, 7) is 8.79. The summed E-state index contributed by atoms with van der Waals surface area (Å²) >= 11 is 0. The third-order valence-electron chi connectivity index (χ3n) is 4.66. The maximum atomic E-state index is 5.81. The molecule has 0 aliphatic rings. The van der Waals surface area contributed by atoms with Gasteiger partial charge in [0.15, 0.2) is 5.96 Å². The van der Waals surface area contributed by atoms with E-state index >= 15 is 0 Å². The van der Waals surface area contributed by atoms with E-state index in [-0.39, 0.29) is 36.1 Å². The predicted molar refractivity (Wildman–Crippen MR) is 129 cm³/mol. The minimum Gasteiger partial charge on any atom is -0.497 e. The molecule has 0 amide bonds. The standard InChI is InChI=1S/C21H38N4O2.HI/c1-8-27-20(16(2)3)13-14-23-21(22-4)24-15-19(25(5)6)17-9-11-18(26-7)12-10-17;/h9-12,16,19-20H,8,13-15H2,1-7H3,(H2,22,23,24);1H.